The number of urea groups is 1. The Morgan fingerprint density at radius 1 is 1.33 bits per heavy atom. The van der Waals surface area contributed by atoms with E-state index in [4.69, 9.17) is 4.74 Å². The number of carbonyl (C=O) groups excluding carboxylic acids is 1. The molecule has 0 saturated carbocycles. The van der Waals surface area contributed by atoms with E-state index in [1.54, 1.807) is 18.7 Å². The lowest BCUT2D eigenvalue weighted by molar-refractivity contribution is -0.0837. The smallest absolute Gasteiger partial charge is 0.315 e. The molecule has 1 saturated heterocycles. The van der Waals surface area contributed by atoms with E-state index in [9.17, 15) is 4.79 Å². The minimum atomic E-state index is -0.160. The molecule has 7 heteroatoms. The fourth-order valence-electron chi connectivity index (χ4n) is 3.55. The zero-order chi connectivity index (χ0) is 19.3. The van der Waals surface area contributed by atoms with Crippen molar-refractivity contribution in [1.82, 2.24) is 25.2 Å². The molecule has 0 spiro atoms. The summed E-state index contributed by atoms with van der Waals surface area (Å²) in [7, 11) is 0. The van der Waals surface area contributed by atoms with Crippen molar-refractivity contribution in [2.45, 2.75) is 46.3 Å². The number of amides is 2. The highest BCUT2D eigenvalue weighted by molar-refractivity contribution is 5.73. The molecular weight excluding hydrogens is 342 g/mol. The van der Waals surface area contributed by atoms with E-state index >= 15 is 0 Å². The molecular formula is C20H29N5O2. The first-order chi connectivity index (χ1) is 12.9. The number of ether oxygens (including phenoxy) is 1. The SMILES string of the molecule is CC(C)(C)C1OCCCC1CNC(=O)NCc1ccc(-n2ccnc2)nc1. The molecule has 0 aromatic carbocycles. The maximum atomic E-state index is 12.2. The fraction of sp³-hybridized carbons (Fsp3) is 0.550. The summed E-state index contributed by atoms with van der Waals surface area (Å²) < 4.78 is 7.81. The second kappa shape index (κ2) is 8.52. The lowest BCUT2D eigenvalue weighted by atomic mass is 9.78. The van der Waals surface area contributed by atoms with Crippen molar-refractivity contribution in [3.8, 4) is 5.82 Å². The Hall–Kier alpha value is -2.41. The van der Waals surface area contributed by atoms with Crippen molar-refractivity contribution >= 4 is 6.03 Å². The molecule has 2 aromatic heterocycles. The molecule has 7 nitrogen and oxygen atoms in total. The predicted octanol–water partition coefficient (Wildman–Crippen LogP) is 2.91. The number of rotatable bonds is 5. The Kier molecular flexibility index (Phi) is 6.11. The average molecular weight is 371 g/mol. The highest BCUT2D eigenvalue weighted by Crippen LogP contribution is 2.33. The van der Waals surface area contributed by atoms with Crippen LogP contribution in [0.4, 0.5) is 4.79 Å². The van der Waals surface area contributed by atoms with Crippen LogP contribution in [0.1, 0.15) is 39.2 Å². The normalized spacial score (nSPS) is 20.3. The molecule has 0 aliphatic carbocycles. The van der Waals surface area contributed by atoms with Gasteiger partial charge in [0.2, 0.25) is 0 Å². The van der Waals surface area contributed by atoms with Gasteiger partial charge in [0.05, 0.1) is 6.10 Å². The van der Waals surface area contributed by atoms with E-state index in [0.717, 1.165) is 30.8 Å². The summed E-state index contributed by atoms with van der Waals surface area (Å²) in [5, 5.41) is 5.89. The number of pyridine rings is 1. The Labute approximate surface area is 160 Å². The number of aromatic nitrogens is 3. The molecule has 3 rings (SSSR count). The first kappa shape index (κ1) is 19.4. The van der Waals surface area contributed by atoms with Gasteiger partial charge in [0, 0.05) is 44.2 Å². The summed E-state index contributed by atoms with van der Waals surface area (Å²) in [5.74, 6) is 1.15. The van der Waals surface area contributed by atoms with Gasteiger partial charge in [-0.2, -0.15) is 0 Å². The number of hydrogen-bond donors (Lipinski definition) is 2. The van der Waals surface area contributed by atoms with Crippen LogP contribution in [0.5, 0.6) is 0 Å². The highest BCUT2D eigenvalue weighted by atomic mass is 16.5. The lowest BCUT2D eigenvalue weighted by Crippen LogP contribution is -2.46. The zero-order valence-corrected chi connectivity index (χ0v) is 16.3. The molecule has 0 radical (unpaired) electrons. The Bertz CT molecular complexity index is 722. The van der Waals surface area contributed by atoms with E-state index < -0.39 is 0 Å². The largest absolute Gasteiger partial charge is 0.377 e. The van der Waals surface area contributed by atoms with Crippen LogP contribution in [0.3, 0.4) is 0 Å². The average Bonchev–Trinajstić information content (AvgIpc) is 3.19. The van der Waals surface area contributed by atoms with Gasteiger partial charge in [-0.3, -0.25) is 4.57 Å². The lowest BCUT2D eigenvalue weighted by Gasteiger charge is -2.40. The van der Waals surface area contributed by atoms with Gasteiger partial charge in [-0.15, -0.1) is 0 Å². The molecule has 1 fully saturated rings. The molecule has 146 valence electrons. The van der Waals surface area contributed by atoms with Crippen LogP contribution in [0.25, 0.3) is 5.82 Å². The van der Waals surface area contributed by atoms with Gasteiger partial charge >= 0.3 is 6.03 Å². The van der Waals surface area contributed by atoms with Crippen molar-refractivity contribution in [2.24, 2.45) is 11.3 Å². The summed E-state index contributed by atoms with van der Waals surface area (Å²) in [6, 6.07) is 3.70. The Morgan fingerprint density at radius 2 is 2.19 bits per heavy atom. The standard InChI is InChI=1S/C20H29N5O2/c1-20(2,3)18-16(5-4-10-27-18)13-24-19(26)23-12-15-6-7-17(22-11-15)25-9-8-21-14-25/h6-9,11,14,16,18H,4-5,10,12-13H2,1-3H3,(H2,23,24,26). The first-order valence-corrected chi connectivity index (χ1v) is 9.50. The van der Waals surface area contributed by atoms with Crippen molar-refractivity contribution in [3.05, 3.63) is 42.6 Å². The van der Waals surface area contributed by atoms with E-state index in [1.165, 1.54) is 0 Å². The first-order valence-electron chi connectivity index (χ1n) is 9.50. The quantitative estimate of drug-likeness (QED) is 0.847. The fourth-order valence-corrected chi connectivity index (χ4v) is 3.55. The second-order valence-corrected chi connectivity index (χ2v) is 8.12. The van der Waals surface area contributed by atoms with Crippen LogP contribution in [-0.2, 0) is 11.3 Å². The minimum Gasteiger partial charge on any atom is -0.377 e. The minimum absolute atomic E-state index is 0.0753. The maximum absolute atomic E-state index is 12.2. The van der Waals surface area contributed by atoms with Gasteiger partial charge in [-0.05, 0) is 29.9 Å². The van der Waals surface area contributed by atoms with Crippen molar-refractivity contribution < 1.29 is 9.53 Å². The summed E-state index contributed by atoms with van der Waals surface area (Å²) in [6.45, 7) is 8.45. The van der Waals surface area contributed by atoms with Crippen LogP contribution in [0.15, 0.2) is 37.1 Å². The number of hydrogen-bond acceptors (Lipinski definition) is 4. The van der Waals surface area contributed by atoms with Crippen molar-refractivity contribution in [2.75, 3.05) is 13.2 Å². The zero-order valence-electron chi connectivity index (χ0n) is 16.3. The molecule has 0 bridgehead atoms. The van der Waals surface area contributed by atoms with E-state index in [2.05, 4.69) is 41.4 Å². The van der Waals surface area contributed by atoms with Gasteiger partial charge in [-0.25, -0.2) is 14.8 Å². The Morgan fingerprint density at radius 3 is 2.85 bits per heavy atom. The molecule has 2 unspecified atom stereocenters. The summed E-state index contributed by atoms with van der Waals surface area (Å²) in [5.41, 5.74) is 1.02. The number of nitrogens with zero attached hydrogens (tertiary/aromatic N) is 3. The van der Waals surface area contributed by atoms with Crippen molar-refractivity contribution in [1.29, 1.82) is 0 Å². The van der Waals surface area contributed by atoms with E-state index in [-0.39, 0.29) is 17.6 Å². The second-order valence-electron chi connectivity index (χ2n) is 8.12. The van der Waals surface area contributed by atoms with Gasteiger partial charge in [0.15, 0.2) is 0 Å². The maximum Gasteiger partial charge on any atom is 0.315 e. The highest BCUT2D eigenvalue weighted by Gasteiger charge is 2.35. The van der Waals surface area contributed by atoms with Gasteiger partial charge in [0.25, 0.3) is 0 Å². The number of nitrogens with one attached hydrogen (secondary N) is 2. The van der Waals surface area contributed by atoms with Gasteiger partial charge in [-0.1, -0.05) is 26.8 Å². The third-order valence-electron chi connectivity index (χ3n) is 4.85. The van der Waals surface area contributed by atoms with Crippen LogP contribution in [0.2, 0.25) is 0 Å². The van der Waals surface area contributed by atoms with Crippen LogP contribution >= 0.6 is 0 Å². The summed E-state index contributed by atoms with van der Waals surface area (Å²) in [4.78, 5) is 20.6. The van der Waals surface area contributed by atoms with Crippen LogP contribution < -0.4 is 10.6 Å². The molecule has 2 atom stereocenters. The summed E-state index contributed by atoms with van der Waals surface area (Å²) >= 11 is 0. The summed E-state index contributed by atoms with van der Waals surface area (Å²) in [6.07, 6.45) is 9.33. The predicted molar refractivity (Wildman–Crippen MR) is 104 cm³/mol. The van der Waals surface area contributed by atoms with E-state index in [1.807, 2.05) is 22.9 Å². The molecule has 2 amide bonds. The van der Waals surface area contributed by atoms with Crippen molar-refractivity contribution in [3.63, 3.8) is 0 Å². The van der Waals surface area contributed by atoms with Gasteiger partial charge in [0.1, 0.15) is 12.1 Å². The molecule has 27 heavy (non-hydrogen) atoms. The molecule has 2 N–H and O–H groups in total. The monoisotopic (exact) mass is 371 g/mol. The molecule has 1 aliphatic rings. The molecule has 2 aromatic rings. The third kappa shape index (κ3) is 5.29. The Balaban J connectivity index is 1.45. The van der Waals surface area contributed by atoms with Crippen LogP contribution in [0, 0.1) is 11.3 Å². The topological polar surface area (TPSA) is 81.1 Å². The number of imidazole rings is 1. The van der Waals surface area contributed by atoms with Crippen LogP contribution in [-0.4, -0.2) is 39.8 Å². The number of carbonyl (C=O) groups is 1. The molecule has 1 aliphatic heterocycles. The molecule has 3 heterocycles. The third-order valence-corrected chi connectivity index (χ3v) is 4.85. The van der Waals surface area contributed by atoms with Gasteiger partial charge < -0.3 is 15.4 Å². The van der Waals surface area contributed by atoms with E-state index in [0.29, 0.717) is 19.0 Å².